The Balaban J connectivity index is 0.000000345. The number of likely N-dealkylation sites (tertiary alicyclic amines) is 2. The second kappa shape index (κ2) is 8.91. The highest BCUT2D eigenvalue weighted by Gasteiger charge is 2.47. The Labute approximate surface area is 164 Å². The zero-order valence-corrected chi connectivity index (χ0v) is 16.2. The van der Waals surface area contributed by atoms with Gasteiger partial charge in [0, 0.05) is 26.2 Å². The molecule has 3 rings (SSSR count). The van der Waals surface area contributed by atoms with Gasteiger partial charge < -0.3 is 15.3 Å². The predicted molar refractivity (Wildman–Crippen MR) is 95.8 cm³/mol. The van der Waals surface area contributed by atoms with E-state index in [1.54, 1.807) is 18.4 Å². The maximum Gasteiger partial charge on any atom is 0.490 e. The van der Waals surface area contributed by atoms with Crippen molar-refractivity contribution in [1.29, 1.82) is 0 Å². The lowest BCUT2D eigenvalue weighted by Crippen LogP contribution is -2.45. The molecule has 3 atom stereocenters. The first-order valence-electron chi connectivity index (χ1n) is 8.57. The number of amides is 2. The molecular formula is C17H22F3N3O4S. The first-order chi connectivity index (χ1) is 13.0. The molecule has 2 aliphatic heterocycles. The highest BCUT2D eigenvalue weighted by molar-refractivity contribution is 7.08. The molecule has 156 valence electrons. The Kier molecular flexibility index (Phi) is 7.05. The first-order valence-corrected chi connectivity index (χ1v) is 9.51. The van der Waals surface area contributed by atoms with Crippen LogP contribution in [0.2, 0.25) is 0 Å². The van der Waals surface area contributed by atoms with Crippen molar-refractivity contribution in [1.82, 2.24) is 15.1 Å². The molecule has 7 nitrogen and oxygen atoms in total. The number of rotatable bonds is 3. The summed E-state index contributed by atoms with van der Waals surface area (Å²) in [7, 11) is 3.68. The Bertz CT molecular complexity index is 711. The molecule has 0 saturated carbocycles. The van der Waals surface area contributed by atoms with Crippen LogP contribution in [-0.4, -0.2) is 78.1 Å². The van der Waals surface area contributed by atoms with Crippen LogP contribution in [-0.2, 0) is 20.8 Å². The first kappa shape index (κ1) is 22.2. The van der Waals surface area contributed by atoms with E-state index < -0.39 is 12.1 Å². The van der Waals surface area contributed by atoms with E-state index in [4.69, 9.17) is 9.90 Å². The lowest BCUT2D eigenvalue weighted by Gasteiger charge is -2.25. The van der Waals surface area contributed by atoms with Crippen LogP contribution >= 0.6 is 11.3 Å². The smallest absolute Gasteiger partial charge is 0.475 e. The SMILES string of the molecule is CNC(=O)[C@H]1C[C@@H]2CN(C(=O)Cc3ccsc3)C[C@@H]2N1C.O=C(O)C(F)(F)F. The van der Waals surface area contributed by atoms with E-state index in [0.717, 1.165) is 25.1 Å². The molecule has 0 radical (unpaired) electrons. The van der Waals surface area contributed by atoms with E-state index in [-0.39, 0.29) is 17.9 Å². The van der Waals surface area contributed by atoms with Crippen LogP contribution in [0.3, 0.4) is 0 Å². The summed E-state index contributed by atoms with van der Waals surface area (Å²) >= 11 is 1.62. The van der Waals surface area contributed by atoms with E-state index in [1.807, 2.05) is 28.8 Å². The highest BCUT2D eigenvalue weighted by atomic mass is 32.1. The Morgan fingerprint density at radius 2 is 1.96 bits per heavy atom. The average molecular weight is 421 g/mol. The van der Waals surface area contributed by atoms with Crippen LogP contribution in [0.5, 0.6) is 0 Å². The van der Waals surface area contributed by atoms with Crippen LogP contribution in [0.15, 0.2) is 16.8 Å². The maximum absolute atomic E-state index is 12.4. The standard InChI is InChI=1S/C15H21N3O2S.C2HF3O2/c1-16-15(20)12-6-11-7-18(8-13(11)17(12)2)14(19)5-10-3-4-21-9-10;3-2(4,5)1(6)7/h3-4,9,11-13H,5-8H2,1-2H3,(H,16,20);(H,6,7)/t11-,12-,13+;/m1./s1. The molecule has 0 bridgehead atoms. The number of aliphatic carboxylic acids is 1. The summed E-state index contributed by atoms with van der Waals surface area (Å²) in [5.74, 6) is -2.05. The normalized spacial score (nSPS) is 24.3. The molecule has 1 aromatic rings. The molecule has 0 aromatic carbocycles. The maximum atomic E-state index is 12.4. The third kappa shape index (κ3) is 5.22. The largest absolute Gasteiger partial charge is 0.490 e. The number of nitrogens with one attached hydrogen (secondary N) is 1. The molecule has 28 heavy (non-hydrogen) atoms. The second-order valence-corrected chi connectivity index (χ2v) is 7.55. The van der Waals surface area contributed by atoms with Crippen LogP contribution < -0.4 is 5.32 Å². The summed E-state index contributed by atoms with van der Waals surface area (Å²) in [6, 6.07) is 2.28. The number of hydrogen-bond acceptors (Lipinski definition) is 5. The minimum Gasteiger partial charge on any atom is -0.475 e. The molecule has 2 aliphatic rings. The van der Waals surface area contributed by atoms with Gasteiger partial charge in [-0.25, -0.2) is 4.79 Å². The van der Waals surface area contributed by atoms with E-state index >= 15 is 0 Å². The van der Waals surface area contributed by atoms with E-state index in [1.165, 1.54) is 0 Å². The lowest BCUT2D eigenvalue weighted by molar-refractivity contribution is -0.192. The molecule has 2 amide bonds. The van der Waals surface area contributed by atoms with Crippen molar-refractivity contribution < 1.29 is 32.7 Å². The fraction of sp³-hybridized carbons (Fsp3) is 0.588. The number of carbonyl (C=O) groups excluding carboxylic acids is 2. The van der Waals surface area contributed by atoms with Gasteiger partial charge in [0.2, 0.25) is 11.8 Å². The molecule has 2 saturated heterocycles. The van der Waals surface area contributed by atoms with Gasteiger partial charge in [0.15, 0.2) is 0 Å². The fourth-order valence-electron chi connectivity index (χ4n) is 3.57. The van der Waals surface area contributed by atoms with Gasteiger partial charge in [-0.3, -0.25) is 14.5 Å². The number of halogens is 3. The summed E-state index contributed by atoms with van der Waals surface area (Å²) in [6.07, 6.45) is -3.74. The van der Waals surface area contributed by atoms with E-state index in [2.05, 4.69) is 10.2 Å². The molecule has 2 fully saturated rings. The van der Waals surface area contributed by atoms with Gasteiger partial charge in [-0.15, -0.1) is 0 Å². The molecule has 0 aliphatic carbocycles. The third-order valence-corrected chi connectivity index (χ3v) is 5.76. The van der Waals surface area contributed by atoms with E-state index in [9.17, 15) is 22.8 Å². The summed E-state index contributed by atoms with van der Waals surface area (Å²) < 4.78 is 31.7. The van der Waals surface area contributed by atoms with Crippen molar-refractivity contribution in [2.75, 3.05) is 27.2 Å². The van der Waals surface area contributed by atoms with Crippen molar-refractivity contribution in [3.8, 4) is 0 Å². The van der Waals surface area contributed by atoms with Gasteiger partial charge in [0.05, 0.1) is 12.5 Å². The molecule has 2 N–H and O–H groups in total. The van der Waals surface area contributed by atoms with Crippen LogP contribution in [0.25, 0.3) is 0 Å². The predicted octanol–water partition coefficient (Wildman–Crippen LogP) is 1.20. The van der Waals surface area contributed by atoms with Gasteiger partial charge in [0.1, 0.15) is 0 Å². The van der Waals surface area contributed by atoms with E-state index in [0.29, 0.717) is 18.4 Å². The lowest BCUT2D eigenvalue weighted by atomic mass is 10.0. The van der Waals surface area contributed by atoms with Crippen molar-refractivity contribution >= 4 is 29.1 Å². The highest BCUT2D eigenvalue weighted by Crippen LogP contribution is 2.34. The average Bonchev–Trinajstić information content (AvgIpc) is 3.32. The molecular weight excluding hydrogens is 399 g/mol. The Morgan fingerprint density at radius 3 is 2.43 bits per heavy atom. The van der Waals surface area contributed by atoms with Crippen LogP contribution in [0, 0.1) is 5.92 Å². The minimum atomic E-state index is -5.08. The number of alkyl halides is 3. The zero-order chi connectivity index (χ0) is 21.1. The van der Waals surface area contributed by atoms with Crippen molar-refractivity contribution in [3.63, 3.8) is 0 Å². The molecule has 0 spiro atoms. The summed E-state index contributed by atoms with van der Waals surface area (Å²) in [6.45, 7) is 1.53. The second-order valence-electron chi connectivity index (χ2n) is 6.77. The minimum absolute atomic E-state index is 0.0425. The van der Waals surface area contributed by atoms with Gasteiger partial charge in [-0.05, 0) is 41.8 Å². The Hall–Kier alpha value is -2.14. The number of thiophene rings is 1. The number of carbonyl (C=O) groups is 3. The molecule has 0 unspecified atom stereocenters. The number of likely N-dealkylation sites (N-methyl/N-ethyl adjacent to an activating group) is 2. The van der Waals surface area contributed by atoms with Gasteiger partial charge in [-0.1, -0.05) is 0 Å². The molecule has 3 heterocycles. The topological polar surface area (TPSA) is 90.0 Å². The third-order valence-electron chi connectivity index (χ3n) is 5.03. The fourth-order valence-corrected chi connectivity index (χ4v) is 4.24. The van der Waals surface area contributed by atoms with Crippen molar-refractivity contribution in [3.05, 3.63) is 22.4 Å². The Morgan fingerprint density at radius 1 is 1.32 bits per heavy atom. The van der Waals surface area contributed by atoms with Crippen molar-refractivity contribution in [2.24, 2.45) is 5.92 Å². The summed E-state index contributed by atoms with van der Waals surface area (Å²) in [4.78, 5) is 37.2. The number of fused-ring (bicyclic) bond motifs is 1. The number of nitrogens with zero attached hydrogens (tertiary/aromatic N) is 2. The van der Waals surface area contributed by atoms with Gasteiger partial charge in [-0.2, -0.15) is 24.5 Å². The number of carboxylic acids is 1. The number of carboxylic acid groups (broad SMARTS) is 1. The number of hydrogen-bond donors (Lipinski definition) is 2. The van der Waals surface area contributed by atoms with Crippen molar-refractivity contribution in [2.45, 2.75) is 31.1 Å². The summed E-state index contributed by atoms with van der Waals surface area (Å²) in [5.41, 5.74) is 1.10. The quantitative estimate of drug-likeness (QED) is 0.766. The van der Waals surface area contributed by atoms with Crippen LogP contribution in [0.4, 0.5) is 13.2 Å². The molecule has 11 heteroatoms. The zero-order valence-electron chi connectivity index (χ0n) is 15.4. The monoisotopic (exact) mass is 421 g/mol. The van der Waals surface area contributed by atoms with Gasteiger partial charge in [0.25, 0.3) is 0 Å². The van der Waals surface area contributed by atoms with Gasteiger partial charge >= 0.3 is 12.1 Å². The summed E-state index contributed by atoms with van der Waals surface area (Å²) in [5, 5.41) is 13.9. The molecule has 1 aromatic heterocycles. The van der Waals surface area contributed by atoms with Crippen LogP contribution in [0.1, 0.15) is 12.0 Å².